The van der Waals surface area contributed by atoms with Crippen molar-refractivity contribution < 1.29 is 14.6 Å². The second-order valence-corrected chi connectivity index (χ2v) is 6.63. The van der Waals surface area contributed by atoms with Gasteiger partial charge < -0.3 is 9.84 Å². The Morgan fingerprint density at radius 2 is 2.00 bits per heavy atom. The number of benzene rings is 2. The first-order valence-electron chi connectivity index (χ1n) is 7.19. The monoisotopic (exact) mass is 454 g/mol. The molecule has 7 heteroatoms. The van der Waals surface area contributed by atoms with Crippen molar-refractivity contribution in [1.82, 2.24) is 5.43 Å². The maximum absolute atomic E-state index is 12.0. The average Bonchev–Trinajstić information content (AvgIpc) is 2.57. The Morgan fingerprint density at radius 1 is 1.29 bits per heavy atom. The molecular formula is C17H16Br2N2O3. The molecule has 5 nitrogen and oxygen atoms in total. The summed E-state index contributed by atoms with van der Waals surface area (Å²) in [4.78, 5) is 12.0. The molecule has 24 heavy (non-hydrogen) atoms. The lowest BCUT2D eigenvalue weighted by Crippen LogP contribution is -2.17. The zero-order chi connectivity index (χ0) is 17.5. The highest BCUT2D eigenvalue weighted by molar-refractivity contribution is 9.11. The molecule has 0 fully saturated rings. The Morgan fingerprint density at radius 3 is 2.67 bits per heavy atom. The quantitative estimate of drug-likeness (QED) is 0.506. The summed E-state index contributed by atoms with van der Waals surface area (Å²) in [7, 11) is 0. The lowest BCUT2D eigenvalue weighted by Gasteiger charge is -2.04. The molecule has 0 unspecified atom stereocenters. The minimum absolute atomic E-state index is 0.0523. The molecule has 0 spiro atoms. The van der Waals surface area contributed by atoms with Crippen LogP contribution in [0, 0.1) is 0 Å². The SMILES string of the molecule is CCOCc1ccc(C(=O)N/N=C/c2cc(Br)cc(Br)c2O)cc1. The second-order valence-electron chi connectivity index (χ2n) is 4.86. The number of ether oxygens (including phenoxy) is 1. The van der Waals surface area contributed by atoms with Crippen LogP contribution in [0.25, 0.3) is 0 Å². The Balaban J connectivity index is 2.00. The number of hydrazone groups is 1. The Hall–Kier alpha value is -1.70. The second kappa shape index (κ2) is 8.96. The first kappa shape index (κ1) is 18.6. The zero-order valence-corrected chi connectivity index (χ0v) is 16.1. The van der Waals surface area contributed by atoms with E-state index in [1.165, 1.54) is 6.21 Å². The van der Waals surface area contributed by atoms with Crippen LogP contribution in [0.3, 0.4) is 0 Å². The zero-order valence-electron chi connectivity index (χ0n) is 12.9. The fourth-order valence-corrected chi connectivity index (χ4v) is 3.14. The fraction of sp³-hybridized carbons (Fsp3) is 0.176. The van der Waals surface area contributed by atoms with E-state index in [1.807, 2.05) is 19.1 Å². The molecule has 2 rings (SSSR count). The van der Waals surface area contributed by atoms with Gasteiger partial charge in [0.15, 0.2) is 0 Å². The molecule has 0 saturated heterocycles. The molecule has 2 aromatic rings. The lowest BCUT2D eigenvalue weighted by atomic mass is 10.1. The topological polar surface area (TPSA) is 70.9 Å². The van der Waals surface area contributed by atoms with E-state index in [-0.39, 0.29) is 11.7 Å². The van der Waals surface area contributed by atoms with Gasteiger partial charge in [-0.15, -0.1) is 0 Å². The van der Waals surface area contributed by atoms with Gasteiger partial charge in [-0.1, -0.05) is 28.1 Å². The number of hydrogen-bond acceptors (Lipinski definition) is 4. The highest BCUT2D eigenvalue weighted by atomic mass is 79.9. The van der Waals surface area contributed by atoms with Crippen LogP contribution < -0.4 is 5.43 Å². The van der Waals surface area contributed by atoms with Gasteiger partial charge in [-0.2, -0.15) is 5.10 Å². The van der Waals surface area contributed by atoms with E-state index < -0.39 is 0 Å². The smallest absolute Gasteiger partial charge is 0.271 e. The maximum Gasteiger partial charge on any atom is 0.271 e. The van der Waals surface area contributed by atoms with Gasteiger partial charge in [0.05, 0.1) is 17.3 Å². The number of phenolic OH excluding ortho intramolecular Hbond substituents is 1. The van der Waals surface area contributed by atoms with Crippen molar-refractivity contribution in [3.8, 4) is 5.75 Å². The third kappa shape index (κ3) is 5.15. The number of phenols is 1. The number of aromatic hydroxyl groups is 1. The van der Waals surface area contributed by atoms with Crippen LogP contribution in [0.15, 0.2) is 50.4 Å². The van der Waals surface area contributed by atoms with E-state index in [9.17, 15) is 9.90 Å². The van der Waals surface area contributed by atoms with Crippen molar-refractivity contribution in [2.24, 2.45) is 5.10 Å². The molecule has 2 N–H and O–H groups in total. The van der Waals surface area contributed by atoms with Gasteiger partial charge in [0.1, 0.15) is 5.75 Å². The van der Waals surface area contributed by atoms with Gasteiger partial charge in [0, 0.05) is 22.2 Å². The van der Waals surface area contributed by atoms with Crippen LogP contribution in [0.2, 0.25) is 0 Å². The summed E-state index contributed by atoms with van der Waals surface area (Å²) >= 11 is 6.57. The van der Waals surface area contributed by atoms with Crippen molar-refractivity contribution in [3.63, 3.8) is 0 Å². The molecule has 126 valence electrons. The molecule has 0 radical (unpaired) electrons. The van der Waals surface area contributed by atoms with Crippen molar-refractivity contribution in [1.29, 1.82) is 0 Å². The molecule has 0 saturated carbocycles. The van der Waals surface area contributed by atoms with Crippen molar-refractivity contribution >= 4 is 44.0 Å². The summed E-state index contributed by atoms with van der Waals surface area (Å²) < 4.78 is 6.63. The standard InChI is InChI=1S/C17H16Br2N2O3/c1-2-24-10-11-3-5-12(6-4-11)17(23)21-20-9-13-7-14(18)8-15(19)16(13)22/h3-9,22H,2,10H2,1H3,(H,21,23)/b20-9+. The highest BCUT2D eigenvalue weighted by Crippen LogP contribution is 2.30. The highest BCUT2D eigenvalue weighted by Gasteiger charge is 2.07. The average molecular weight is 456 g/mol. The van der Waals surface area contributed by atoms with Crippen LogP contribution in [-0.2, 0) is 11.3 Å². The van der Waals surface area contributed by atoms with Gasteiger partial charge in [0.2, 0.25) is 0 Å². The van der Waals surface area contributed by atoms with Crippen LogP contribution in [0.4, 0.5) is 0 Å². The molecule has 0 aliphatic heterocycles. The fourth-order valence-electron chi connectivity index (χ4n) is 1.88. The normalized spacial score (nSPS) is 11.0. The minimum atomic E-state index is -0.331. The van der Waals surface area contributed by atoms with Gasteiger partial charge in [-0.3, -0.25) is 4.79 Å². The van der Waals surface area contributed by atoms with Crippen LogP contribution in [0.5, 0.6) is 5.75 Å². The third-order valence-corrected chi connectivity index (χ3v) is 4.18. The van der Waals surface area contributed by atoms with Crippen molar-refractivity contribution in [2.45, 2.75) is 13.5 Å². The van der Waals surface area contributed by atoms with Gasteiger partial charge in [-0.25, -0.2) is 5.43 Å². The Labute approximate surface area is 157 Å². The Bertz CT molecular complexity index is 746. The van der Waals surface area contributed by atoms with Gasteiger partial charge in [0.25, 0.3) is 5.91 Å². The minimum Gasteiger partial charge on any atom is -0.506 e. The first-order valence-corrected chi connectivity index (χ1v) is 8.78. The van der Waals surface area contributed by atoms with E-state index in [4.69, 9.17) is 4.74 Å². The van der Waals surface area contributed by atoms with Crippen LogP contribution >= 0.6 is 31.9 Å². The first-order chi connectivity index (χ1) is 11.5. The number of carbonyl (C=O) groups excluding carboxylic acids is 1. The summed E-state index contributed by atoms with van der Waals surface area (Å²) in [5.41, 5.74) is 4.40. The molecule has 0 aliphatic carbocycles. The number of halogens is 2. The van der Waals surface area contributed by atoms with Gasteiger partial charge >= 0.3 is 0 Å². The lowest BCUT2D eigenvalue weighted by molar-refractivity contribution is 0.0955. The molecule has 0 atom stereocenters. The van der Waals surface area contributed by atoms with Gasteiger partial charge in [-0.05, 0) is 52.7 Å². The maximum atomic E-state index is 12.0. The van der Waals surface area contributed by atoms with Crippen LogP contribution in [-0.4, -0.2) is 23.8 Å². The van der Waals surface area contributed by atoms with E-state index in [1.54, 1.807) is 24.3 Å². The predicted octanol–water partition coefficient (Wildman–Crippen LogP) is 4.22. The number of carbonyl (C=O) groups is 1. The number of nitrogens with zero attached hydrogens (tertiary/aromatic N) is 1. The summed E-state index contributed by atoms with van der Waals surface area (Å²) in [6.45, 7) is 3.10. The third-order valence-electron chi connectivity index (χ3n) is 3.12. The van der Waals surface area contributed by atoms with Crippen molar-refractivity contribution in [2.75, 3.05) is 6.61 Å². The molecular weight excluding hydrogens is 440 g/mol. The number of rotatable bonds is 6. The number of nitrogens with one attached hydrogen (secondary N) is 1. The molecule has 0 aromatic heterocycles. The summed E-state index contributed by atoms with van der Waals surface area (Å²) in [5, 5.41) is 13.8. The van der Waals surface area contributed by atoms with Crippen molar-refractivity contribution in [3.05, 3.63) is 62.0 Å². The molecule has 1 amide bonds. The van der Waals surface area contributed by atoms with E-state index in [0.29, 0.717) is 28.8 Å². The summed E-state index contributed by atoms with van der Waals surface area (Å²) in [6, 6.07) is 10.5. The summed E-state index contributed by atoms with van der Waals surface area (Å²) in [6.07, 6.45) is 1.38. The number of hydrogen-bond donors (Lipinski definition) is 2. The van der Waals surface area contributed by atoms with E-state index >= 15 is 0 Å². The van der Waals surface area contributed by atoms with E-state index in [0.717, 1.165) is 10.0 Å². The Kier molecular flexibility index (Phi) is 6.96. The number of amides is 1. The largest absolute Gasteiger partial charge is 0.506 e. The molecule has 2 aromatic carbocycles. The molecule has 0 aliphatic rings. The predicted molar refractivity (Wildman–Crippen MR) is 100 cm³/mol. The van der Waals surface area contributed by atoms with Crippen LogP contribution in [0.1, 0.15) is 28.4 Å². The molecule has 0 bridgehead atoms. The summed E-state index contributed by atoms with van der Waals surface area (Å²) in [5.74, 6) is -0.278. The molecule has 0 heterocycles. The van der Waals surface area contributed by atoms with E-state index in [2.05, 4.69) is 42.4 Å².